The molecule has 338 valence electrons. The van der Waals surface area contributed by atoms with E-state index in [-0.39, 0.29) is 37.9 Å². The molecule has 3 aromatic rings. The van der Waals surface area contributed by atoms with Gasteiger partial charge in [-0.1, -0.05) is 95.1 Å². The van der Waals surface area contributed by atoms with E-state index in [0.717, 1.165) is 27.8 Å². The van der Waals surface area contributed by atoms with Gasteiger partial charge in [0.1, 0.15) is 24.7 Å². The lowest BCUT2D eigenvalue weighted by atomic mass is 9.89. The molecule has 0 saturated carbocycles. The van der Waals surface area contributed by atoms with Crippen LogP contribution in [0.2, 0.25) is 0 Å². The van der Waals surface area contributed by atoms with Gasteiger partial charge in [0, 0.05) is 43.0 Å². The molecule has 4 rings (SSSR count). The fourth-order valence-electron chi connectivity index (χ4n) is 7.10. The molecule has 1 aliphatic rings. The number of rotatable bonds is 19. The van der Waals surface area contributed by atoms with Crippen molar-refractivity contribution in [2.75, 3.05) is 25.5 Å². The number of fused-ring (bicyclic) bond motifs is 3. The fourth-order valence-corrected chi connectivity index (χ4v) is 7.37. The number of hydrogen-bond acceptors (Lipinski definition) is 8. The number of carboxylic acid groups (broad SMARTS) is 1. The summed E-state index contributed by atoms with van der Waals surface area (Å²) in [6.07, 6.45) is 2.90. The number of anilines is 1. The van der Waals surface area contributed by atoms with Crippen LogP contribution < -0.4 is 26.6 Å². The van der Waals surface area contributed by atoms with Crippen LogP contribution in [0.1, 0.15) is 89.0 Å². The average molecular weight is 887 g/mol. The number of unbranched alkanes of at least 4 members (excludes halogenated alkanes) is 1. The molecule has 1 aliphatic carbocycles. The molecule has 0 saturated heterocycles. The maximum absolute atomic E-state index is 13.5. The van der Waals surface area contributed by atoms with Crippen LogP contribution in [0.25, 0.3) is 11.1 Å². The van der Waals surface area contributed by atoms with Crippen LogP contribution in [0.4, 0.5) is 20.1 Å². The Bertz CT molecular complexity index is 2120. The number of terminal acetylenes is 1. The number of amides is 6. The first-order valence-corrected chi connectivity index (χ1v) is 21.4. The smallest absolute Gasteiger partial charge is 0.409 e. The summed E-state index contributed by atoms with van der Waals surface area (Å²) >= 11 is 6.26. The van der Waals surface area contributed by atoms with E-state index in [2.05, 4.69) is 44.6 Å². The van der Waals surface area contributed by atoms with Crippen LogP contribution in [0.5, 0.6) is 0 Å². The van der Waals surface area contributed by atoms with E-state index >= 15 is 0 Å². The number of ether oxygens (including phenoxy) is 2. The number of halogens is 1. The van der Waals surface area contributed by atoms with E-state index in [1.54, 1.807) is 39.1 Å². The molecule has 0 aliphatic heterocycles. The quantitative estimate of drug-likeness (QED) is 0.0417. The lowest BCUT2D eigenvalue weighted by molar-refractivity contribution is -0.132. The normalized spacial score (nSPS) is 13.8. The summed E-state index contributed by atoms with van der Waals surface area (Å²) in [5, 5.41) is 22.3. The number of alkyl carbamates (subject to hydrolysis) is 1. The monoisotopic (exact) mass is 886 g/mol. The van der Waals surface area contributed by atoms with Crippen LogP contribution in [0.3, 0.4) is 0 Å². The number of carbonyl (C=O) groups excluding carboxylic acids is 5. The van der Waals surface area contributed by atoms with E-state index in [9.17, 15) is 33.9 Å². The van der Waals surface area contributed by atoms with Crippen molar-refractivity contribution in [2.45, 2.75) is 103 Å². The lowest BCUT2D eigenvalue weighted by Crippen LogP contribution is -2.57. The Morgan fingerprint density at radius 3 is 2.06 bits per heavy atom. The molecular formula is C47H59ClN6O9. The third kappa shape index (κ3) is 13.9. The molecule has 0 heterocycles. The van der Waals surface area contributed by atoms with E-state index in [4.69, 9.17) is 27.5 Å². The first-order valence-electron chi connectivity index (χ1n) is 20.9. The van der Waals surface area contributed by atoms with Crippen molar-refractivity contribution >= 4 is 53.3 Å². The molecule has 16 heteroatoms. The van der Waals surface area contributed by atoms with Gasteiger partial charge in [-0.05, 0) is 77.6 Å². The zero-order valence-electron chi connectivity index (χ0n) is 36.9. The number of benzene rings is 3. The zero-order valence-corrected chi connectivity index (χ0v) is 37.6. The summed E-state index contributed by atoms with van der Waals surface area (Å²) in [4.78, 5) is 78.6. The standard InChI is InChI=1S/C47H59ClN6O9/c1-9-39(47(5,6)7)63-45(60)49-23-15-14-20-38(52-44(58)59)42(56)53-40(28(2)3)43(57)50-29(4)41(55)51-32-22-21-30(25-48)31(24-32)26-54(8)46(61)62-27-37-35-18-12-10-16-33(35)34-17-11-13-19-36(34)37/h1,10-13,16-19,21-22,24,28-29,37-40,52H,14-15,20,23,25-27H2,2-8H3,(H,49,60)(H,50,57)(H,51,55)(H,53,56)(H,58,59)/t29-,38-,39?,40-/m0/s1. The minimum absolute atomic E-state index is 0.0705. The molecule has 15 nitrogen and oxygen atoms in total. The van der Waals surface area contributed by atoms with Crippen molar-refractivity contribution < 1.29 is 43.3 Å². The molecule has 6 N–H and O–H groups in total. The van der Waals surface area contributed by atoms with Gasteiger partial charge in [-0.2, -0.15) is 0 Å². The van der Waals surface area contributed by atoms with Gasteiger partial charge in [-0.25, -0.2) is 14.4 Å². The SMILES string of the molecule is C#CC(OC(=O)NCCCC[C@H](NC(=O)O)C(=O)N[C@H](C(=O)N[C@@H](C)C(=O)Nc1ccc(CCl)c(CN(C)C(=O)OCC2c3ccccc3-c3ccccc32)c1)C(C)C)C(C)(C)C. The molecular weight excluding hydrogens is 828 g/mol. The highest BCUT2D eigenvalue weighted by Gasteiger charge is 2.32. The largest absolute Gasteiger partial charge is 0.465 e. The maximum atomic E-state index is 13.5. The summed E-state index contributed by atoms with van der Waals surface area (Å²) < 4.78 is 11.1. The van der Waals surface area contributed by atoms with Gasteiger partial charge in [0.2, 0.25) is 17.7 Å². The molecule has 0 aromatic heterocycles. The van der Waals surface area contributed by atoms with Crippen molar-refractivity contribution in [1.82, 2.24) is 26.2 Å². The van der Waals surface area contributed by atoms with Gasteiger partial charge in [-0.15, -0.1) is 18.0 Å². The second kappa shape index (κ2) is 22.7. The highest BCUT2D eigenvalue weighted by atomic mass is 35.5. The zero-order chi connectivity index (χ0) is 46.4. The van der Waals surface area contributed by atoms with Gasteiger partial charge in [0.05, 0.1) is 0 Å². The summed E-state index contributed by atoms with van der Waals surface area (Å²) in [6.45, 7) is 10.9. The predicted molar refractivity (Wildman–Crippen MR) is 241 cm³/mol. The van der Waals surface area contributed by atoms with E-state index in [1.807, 2.05) is 57.2 Å². The summed E-state index contributed by atoms with van der Waals surface area (Å²) in [5.41, 5.74) is 5.82. The molecule has 1 unspecified atom stereocenters. The Kier molecular flexibility index (Phi) is 17.8. The molecule has 3 aromatic carbocycles. The minimum atomic E-state index is -1.43. The molecule has 4 atom stereocenters. The third-order valence-corrected chi connectivity index (χ3v) is 10.9. The van der Waals surface area contributed by atoms with Crippen molar-refractivity contribution in [1.29, 1.82) is 0 Å². The number of alkyl halides is 1. The molecule has 6 amide bonds. The van der Waals surface area contributed by atoms with Gasteiger partial charge in [-0.3, -0.25) is 14.4 Å². The van der Waals surface area contributed by atoms with E-state index in [0.29, 0.717) is 24.1 Å². The summed E-state index contributed by atoms with van der Waals surface area (Å²) in [5.74, 6) is 0.126. The van der Waals surface area contributed by atoms with Crippen LogP contribution in [-0.4, -0.2) is 90.4 Å². The van der Waals surface area contributed by atoms with E-state index < -0.39 is 71.6 Å². The van der Waals surface area contributed by atoms with Gasteiger partial charge < -0.3 is 46.1 Å². The molecule has 0 spiro atoms. The second-order valence-electron chi connectivity index (χ2n) is 17.0. The third-order valence-electron chi connectivity index (χ3n) is 10.6. The van der Waals surface area contributed by atoms with Crippen molar-refractivity contribution in [2.24, 2.45) is 11.3 Å². The lowest BCUT2D eigenvalue weighted by Gasteiger charge is -2.26. The highest BCUT2D eigenvalue weighted by Crippen LogP contribution is 2.44. The van der Waals surface area contributed by atoms with Crippen LogP contribution in [-0.2, 0) is 36.3 Å². The predicted octanol–water partition coefficient (Wildman–Crippen LogP) is 6.97. The maximum Gasteiger partial charge on any atom is 0.409 e. The van der Waals surface area contributed by atoms with Crippen molar-refractivity contribution in [3.05, 3.63) is 89.0 Å². The topological polar surface area (TPSA) is 204 Å². The first kappa shape index (κ1) is 49.4. The van der Waals surface area contributed by atoms with Gasteiger partial charge in [0.25, 0.3) is 0 Å². The Labute approximate surface area is 374 Å². The van der Waals surface area contributed by atoms with Crippen molar-refractivity contribution in [3.8, 4) is 23.5 Å². The number of nitrogens with one attached hydrogen (secondary N) is 5. The van der Waals surface area contributed by atoms with Crippen LogP contribution >= 0.6 is 11.6 Å². The van der Waals surface area contributed by atoms with Gasteiger partial charge >= 0.3 is 18.3 Å². The molecule has 63 heavy (non-hydrogen) atoms. The highest BCUT2D eigenvalue weighted by molar-refractivity contribution is 6.17. The van der Waals surface area contributed by atoms with E-state index in [1.165, 1.54) is 11.8 Å². The first-order chi connectivity index (χ1) is 29.8. The Hall–Kier alpha value is -6.27. The van der Waals surface area contributed by atoms with Crippen LogP contribution in [0, 0.1) is 23.7 Å². The minimum Gasteiger partial charge on any atom is -0.465 e. The number of carbonyl (C=O) groups is 6. The Morgan fingerprint density at radius 2 is 1.49 bits per heavy atom. The van der Waals surface area contributed by atoms with Gasteiger partial charge in [0.15, 0.2) is 6.10 Å². The average Bonchev–Trinajstić information content (AvgIpc) is 3.55. The summed E-state index contributed by atoms with van der Waals surface area (Å²) in [7, 11) is 1.62. The number of nitrogens with zero attached hydrogens (tertiary/aromatic N) is 1. The summed E-state index contributed by atoms with van der Waals surface area (Å²) in [6, 6.07) is 17.9. The Morgan fingerprint density at radius 1 is 0.857 bits per heavy atom. The molecule has 0 radical (unpaired) electrons. The fraction of sp³-hybridized carbons (Fsp3) is 0.447. The number of hydrogen-bond donors (Lipinski definition) is 6. The van der Waals surface area contributed by atoms with Crippen LogP contribution in [0.15, 0.2) is 66.7 Å². The molecule has 0 fully saturated rings. The van der Waals surface area contributed by atoms with Crippen molar-refractivity contribution in [3.63, 3.8) is 0 Å². The second-order valence-corrected chi connectivity index (χ2v) is 17.2. The Balaban J connectivity index is 1.29. The molecule has 0 bridgehead atoms.